The summed E-state index contributed by atoms with van der Waals surface area (Å²) in [6, 6.07) is 1.56. The molecule has 0 bridgehead atoms. The molecule has 3 aliphatic carbocycles. The molecule has 0 aromatic carbocycles. The third kappa shape index (κ3) is 2.13. The Balaban J connectivity index is 1.51. The van der Waals surface area contributed by atoms with Crippen LogP contribution in [0.25, 0.3) is 0 Å². The number of aromatic nitrogens is 2. The van der Waals surface area contributed by atoms with Crippen LogP contribution in [0.1, 0.15) is 50.3 Å². The van der Waals surface area contributed by atoms with E-state index in [-0.39, 0.29) is 0 Å². The lowest BCUT2D eigenvalue weighted by Gasteiger charge is -2.20. The van der Waals surface area contributed by atoms with E-state index in [1.165, 1.54) is 44.2 Å². The molecule has 3 saturated carbocycles. The molecular weight excluding hydrogens is 210 g/mol. The van der Waals surface area contributed by atoms with Crippen LogP contribution < -0.4 is 5.32 Å². The average molecular weight is 231 g/mol. The number of hydrogen-bond donors (Lipinski definition) is 1. The largest absolute Gasteiger partial charge is 0.330 e. The number of rotatable bonds is 6. The third-order valence-electron chi connectivity index (χ3n) is 4.43. The maximum absolute atomic E-state index is 4.38. The normalized spacial score (nSPS) is 24.5. The minimum atomic E-state index is 0.772. The highest BCUT2D eigenvalue weighted by Crippen LogP contribution is 2.52. The van der Waals surface area contributed by atoms with Gasteiger partial charge in [-0.25, -0.2) is 4.98 Å². The van der Waals surface area contributed by atoms with E-state index in [0.29, 0.717) is 0 Å². The second-order valence-corrected chi connectivity index (χ2v) is 6.11. The van der Waals surface area contributed by atoms with Gasteiger partial charge in [0.15, 0.2) is 0 Å². The number of hydrogen-bond acceptors (Lipinski definition) is 2. The Morgan fingerprint density at radius 3 is 2.47 bits per heavy atom. The van der Waals surface area contributed by atoms with Crippen LogP contribution in [0.15, 0.2) is 12.5 Å². The number of imidazole rings is 1. The van der Waals surface area contributed by atoms with Gasteiger partial charge in [-0.3, -0.25) is 0 Å². The van der Waals surface area contributed by atoms with Crippen molar-refractivity contribution in [1.82, 2.24) is 14.9 Å². The summed E-state index contributed by atoms with van der Waals surface area (Å²) in [6.07, 6.45) is 12.6. The Morgan fingerprint density at radius 2 is 1.88 bits per heavy atom. The van der Waals surface area contributed by atoms with Crippen molar-refractivity contribution in [3.8, 4) is 0 Å². The molecule has 17 heavy (non-hydrogen) atoms. The van der Waals surface area contributed by atoms with E-state index < -0.39 is 0 Å². The van der Waals surface area contributed by atoms with E-state index in [4.69, 9.17) is 0 Å². The van der Waals surface area contributed by atoms with Crippen LogP contribution in [0.4, 0.5) is 0 Å². The molecule has 92 valence electrons. The molecule has 4 rings (SSSR count). The number of nitrogens with one attached hydrogen (secondary N) is 1. The summed E-state index contributed by atoms with van der Waals surface area (Å²) in [5.74, 6) is 1.91. The van der Waals surface area contributed by atoms with Gasteiger partial charge in [0.05, 0.1) is 12.0 Å². The smallest absolute Gasteiger partial charge is 0.0951 e. The van der Waals surface area contributed by atoms with Crippen molar-refractivity contribution in [2.45, 2.75) is 57.2 Å². The summed E-state index contributed by atoms with van der Waals surface area (Å²) in [6.45, 7) is 1.01. The zero-order valence-corrected chi connectivity index (χ0v) is 10.3. The van der Waals surface area contributed by atoms with Gasteiger partial charge < -0.3 is 9.88 Å². The molecule has 0 unspecified atom stereocenters. The minimum Gasteiger partial charge on any atom is -0.330 e. The lowest BCUT2D eigenvalue weighted by Crippen LogP contribution is -2.21. The molecule has 0 spiro atoms. The molecule has 1 N–H and O–H groups in total. The lowest BCUT2D eigenvalue weighted by molar-refractivity contribution is 0.381. The molecule has 1 heterocycles. The maximum Gasteiger partial charge on any atom is 0.0951 e. The van der Waals surface area contributed by atoms with Gasteiger partial charge in [0.1, 0.15) is 0 Å². The standard InChI is InChI=1S/C14H21N3/c1-2-10(1)14(11-3-4-11)17-9-15-7-13(17)8-16-12-5-6-12/h7,9-12,14,16H,1-6,8H2. The molecule has 0 aliphatic heterocycles. The van der Waals surface area contributed by atoms with Crippen LogP contribution >= 0.6 is 0 Å². The fourth-order valence-corrected chi connectivity index (χ4v) is 2.99. The molecule has 0 atom stereocenters. The molecule has 1 aromatic rings. The van der Waals surface area contributed by atoms with Crippen LogP contribution in [-0.2, 0) is 6.54 Å². The van der Waals surface area contributed by atoms with Crippen molar-refractivity contribution in [2.24, 2.45) is 11.8 Å². The van der Waals surface area contributed by atoms with Crippen LogP contribution in [0, 0.1) is 11.8 Å². The highest BCUT2D eigenvalue weighted by molar-refractivity contribution is 5.06. The van der Waals surface area contributed by atoms with Gasteiger partial charge >= 0.3 is 0 Å². The first-order chi connectivity index (χ1) is 8.42. The zero-order chi connectivity index (χ0) is 11.2. The van der Waals surface area contributed by atoms with E-state index >= 15 is 0 Å². The second kappa shape index (κ2) is 3.84. The van der Waals surface area contributed by atoms with E-state index in [1.807, 2.05) is 0 Å². The van der Waals surface area contributed by atoms with Crippen molar-refractivity contribution < 1.29 is 0 Å². The van der Waals surface area contributed by atoms with Gasteiger partial charge in [0.25, 0.3) is 0 Å². The first kappa shape index (κ1) is 10.1. The van der Waals surface area contributed by atoms with Gasteiger partial charge in [-0.05, 0) is 50.4 Å². The predicted molar refractivity (Wildman–Crippen MR) is 66.6 cm³/mol. The predicted octanol–water partition coefficient (Wildman–Crippen LogP) is 2.50. The quantitative estimate of drug-likeness (QED) is 0.815. The fourth-order valence-electron chi connectivity index (χ4n) is 2.99. The maximum atomic E-state index is 4.38. The van der Waals surface area contributed by atoms with Crippen molar-refractivity contribution in [3.05, 3.63) is 18.2 Å². The van der Waals surface area contributed by atoms with Gasteiger partial charge in [-0.2, -0.15) is 0 Å². The summed E-state index contributed by atoms with van der Waals surface area (Å²) in [4.78, 5) is 4.38. The molecule has 1 aromatic heterocycles. The van der Waals surface area contributed by atoms with Crippen LogP contribution in [0.2, 0.25) is 0 Å². The molecular formula is C14H21N3. The molecule has 3 heteroatoms. The van der Waals surface area contributed by atoms with Gasteiger partial charge in [-0.1, -0.05) is 0 Å². The summed E-state index contributed by atoms with van der Waals surface area (Å²) >= 11 is 0. The molecule has 0 saturated heterocycles. The lowest BCUT2D eigenvalue weighted by atomic mass is 10.1. The summed E-state index contributed by atoms with van der Waals surface area (Å²) in [5.41, 5.74) is 1.40. The van der Waals surface area contributed by atoms with E-state index in [9.17, 15) is 0 Å². The SMILES string of the molecule is c1ncn(C(C2CC2)C2CC2)c1CNC1CC1. The summed E-state index contributed by atoms with van der Waals surface area (Å²) in [7, 11) is 0. The summed E-state index contributed by atoms with van der Waals surface area (Å²) < 4.78 is 2.49. The highest BCUT2D eigenvalue weighted by Gasteiger charge is 2.43. The van der Waals surface area contributed by atoms with Crippen molar-refractivity contribution >= 4 is 0 Å². The Morgan fingerprint density at radius 1 is 1.18 bits per heavy atom. The van der Waals surface area contributed by atoms with Gasteiger partial charge in [-0.15, -0.1) is 0 Å². The molecule has 0 radical (unpaired) electrons. The van der Waals surface area contributed by atoms with Gasteiger partial charge in [0.2, 0.25) is 0 Å². The first-order valence-corrected chi connectivity index (χ1v) is 7.16. The highest BCUT2D eigenvalue weighted by atomic mass is 15.1. The summed E-state index contributed by atoms with van der Waals surface area (Å²) in [5, 5.41) is 3.61. The topological polar surface area (TPSA) is 29.9 Å². The second-order valence-electron chi connectivity index (χ2n) is 6.11. The van der Waals surface area contributed by atoms with Gasteiger partial charge in [0, 0.05) is 24.8 Å². The first-order valence-electron chi connectivity index (χ1n) is 7.16. The molecule has 3 nitrogen and oxygen atoms in total. The molecule has 0 amide bonds. The fraction of sp³-hybridized carbons (Fsp3) is 0.786. The van der Waals surface area contributed by atoms with Crippen LogP contribution in [0.5, 0.6) is 0 Å². The Hall–Kier alpha value is -0.830. The molecule has 3 aliphatic rings. The Labute approximate surface area is 103 Å². The Bertz CT molecular complexity index is 387. The minimum absolute atomic E-state index is 0.772. The third-order valence-corrected chi connectivity index (χ3v) is 4.43. The molecule has 3 fully saturated rings. The van der Waals surface area contributed by atoms with E-state index in [1.54, 1.807) is 0 Å². The average Bonchev–Trinajstić information content (AvgIpc) is 3.19. The van der Waals surface area contributed by atoms with Crippen molar-refractivity contribution in [1.29, 1.82) is 0 Å². The van der Waals surface area contributed by atoms with E-state index in [0.717, 1.165) is 30.5 Å². The monoisotopic (exact) mass is 231 g/mol. The zero-order valence-electron chi connectivity index (χ0n) is 10.3. The van der Waals surface area contributed by atoms with Crippen LogP contribution in [0.3, 0.4) is 0 Å². The van der Waals surface area contributed by atoms with Crippen LogP contribution in [-0.4, -0.2) is 15.6 Å². The number of nitrogens with zero attached hydrogens (tertiary/aromatic N) is 2. The van der Waals surface area contributed by atoms with Crippen molar-refractivity contribution in [3.63, 3.8) is 0 Å². The Kier molecular flexibility index (Phi) is 2.29. The van der Waals surface area contributed by atoms with Crippen molar-refractivity contribution in [2.75, 3.05) is 0 Å². The van der Waals surface area contributed by atoms with E-state index in [2.05, 4.69) is 27.4 Å².